The number of nitrogens with zero attached hydrogens (tertiary/aromatic N) is 3. The molecule has 10 heteroatoms. The van der Waals surface area contributed by atoms with Crippen LogP contribution in [0.1, 0.15) is 60.6 Å². The van der Waals surface area contributed by atoms with Crippen LogP contribution < -0.4 is 20.7 Å². The Morgan fingerprint density at radius 1 is 1.05 bits per heavy atom. The van der Waals surface area contributed by atoms with E-state index in [4.69, 9.17) is 14.6 Å². The molecule has 0 radical (unpaired) electrons. The van der Waals surface area contributed by atoms with Gasteiger partial charge in [0.1, 0.15) is 18.2 Å². The van der Waals surface area contributed by atoms with E-state index in [2.05, 4.69) is 41.7 Å². The minimum absolute atomic E-state index is 0.178. The number of aromatic nitrogens is 2. The first kappa shape index (κ1) is 34.3. The molecule has 0 spiro atoms. The van der Waals surface area contributed by atoms with Gasteiger partial charge in [-0.05, 0) is 49.1 Å². The summed E-state index contributed by atoms with van der Waals surface area (Å²) < 4.78 is 13.9. The summed E-state index contributed by atoms with van der Waals surface area (Å²) in [6.45, 7) is 16.2. The highest BCUT2D eigenvalue weighted by molar-refractivity contribution is 7.98. The van der Waals surface area contributed by atoms with E-state index in [1.807, 2.05) is 101 Å². The predicted molar refractivity (Wildman–Crippen MR) is 183 cm³/mol. The molecule has 5 rings (SSSR count). The Kier molecular flexibility index (Phi) is 13.0. The fourth-order valence-corrected chi connectivity index (χ4v) is 4.79. The Labute approximate surface area is 266 Å². The maximum absolute atomic E-state index is 13.2. The lowest BCUT2D eigenvalue weighted by Crippen LogP contribution is -2.37. The number of nitrogens with one attached hydrogen (secondary N) is 3. The van der Waals surface area contributed by atoms with Crippen molar-refractivity contribution in [3.63, 3.8) is 0 Å². The number of amidine groups is 1. The van der Waals surface area contributed by atoms with Gasteiger partial charge in [0.15, 0.2) is 11.6 Å². The quantitative estimate of drug-likeness (QED) is 0.241. The zero-order chi connectivity index (χ0) is 32.1. The number of urea groups is 1. The number of aliphatic imine (C=N–C) groups is 1. The van der Waals surface area contributed by atoms with Gasteiger partial charge in [-0.2, -0.15) is 5.10 Å². The lowest BCUT2D eigenvalue weighted by molar-refractivity contribution is 0.204. The number of rotatable bonds is 6. The number of carbonyl (C=O) groups excluding carboxylic acids is 1. The van der Waals surface area contributed by atoms with E-state index in [9.17, 15) is 4.79 Å². The standard InChI is InChI=1S/C30H34N6O3S.2C2H6/c1-30(2,3)25-19-26(36(35-25)20-10-6-5-7-11-20)34-29(37)33-22-14-13-21(18-24(22)40-4)39-23-12-8-9-15-31-28-27(23)38-17-16-32-28;2*1-2/h5-8,10-14,18-19H,9,15-17H2,1-4H3,(H,31,32)(H2,33,34,37);2*1-2H3/b12-8-,27-23-;;. The van der Waals surface area contributed by atoms with E-state index in [1.165, 1.54) is 11.8 Å². The molecule has 0 saturated carbocycles. The van der Waals surface area contributed by atoms with Gasteiger partial charge in [-0.1, -0.05) is 72.7 Å². The van der Waals surface area contributed by atoms with Crippen molar-refractivity contribution in [3.05, 3.63) is 84.0 Å². The molecule has 2 aliphatic heterocycles. The highest BCUT2D eigenvalue weighted by Crippen LogP contribution is 2.32. The monoisotopic (exact) mass is 618 g/mol. The summed E-state index contributed by atoms with van der Waals surface area (Å²) in [4.78, 5) is 18.6. The van der Waals surface area contributed by atoms with Crippen LogP contribution in [0.15, 0.2) is 88.2 Å². The molecule has 0 bridgehead atoms. The third-order valence-electron chi connectivity index (χ3n) is 6.28. The summed E-state index contributed by atoms with van der Waals surface area (Å²) in [5.74, 6) is 3.14. The fourth-order valence-electron chi connectivity index (χ4n) is 4.22. The molecule has 3 heterocycles. The van der Waals surface area contributed by atoms with E-state index in [1.54, 1.807) is 4.68 Å². The molecule has 0 unspecified atom stereocenters. The second-order valence-corrected chi connectivity index (χ2v) is 11.2. The molecule has 2 amide bonds. The average molecular weight is 619 g/mol. The Hall–Kier alpha value is -4.18. The van der Waals surface area contributed by atoms with Crippen LogP contribution in [0.2, 0.25) is 0 Å². The minimum Gasteiger partial charge on any atom is -0.485 e. The molecule has 44 heavy (non-hydrogen) atoms. The first-order valence-corrected chi connectivity index (χ1v) is 16.5. The molecule has 1 fully saturated rings. The molecule has 1 saturated heterocycles. The summed E-state index contributed by atoms with van der Waals surface area (Å²) in [6, 6.07) is 16.9. The van der Waals surface area contributed by atoms with Crippen molar-refractivity contribution < 1.29 is 14.3 Å². The fraction of sp³-hybridized carbons (Fsp3) is 0.382. The number of morpholine rings is 1. The van der Waals surface area contributed by atoms with Gasteiger partial charge in [-0.25, -0.2) is 9.48 Å². The van der Waals surface area contributed by atoms with Crippen molar-refractivity contribution in [2.24, 2.45) is 4.99 Å². The van der Waals surface area contributed by atoms with Crippen molar-refractivity contribution in [3.8, 4) is 11.4 Å². The summed E-state index contributed by atoms with van der Waals surface area (Å²) in [6.07, 6.45) is 6.73. The second-order valence-electron chi connectivity index (χ2n) is 10.3. The highest BCUT2D eigenvalue weighted by atomic mass is 32.2. The van der Waals surface area contributed by atoms with E-state index < -0.39 is 0 Å². The molecule has 0 atom stereocenters. The molecule has 1 aromatic heterocycles. The maximum atomic E-state index is 13.2. The van der Waals surface area contributed by atoms with Crippen molar-refractivity contribution >= 4 is 35.1 Å². The molecule has 3 aromatic rings. The van der Waals surface area contributed by atoms with Crippen LogP contribution in [0.25, 0.3) is 5.69 Å². The third-order valence-corrected chi connectivity index (χ3v) is 7.06. The van der Waals surface area contributed by atoms with Gasteiger partial charge in [0.25, 0.3) is 0 Å². The number of anilines is 2. The Bertz CT molecular complexity index is 1470. The second kappa shape index (κ2) is 16.6. The highest BCUT2D eigenvalue weighted by Gasteiger charge is 2.23. The molecule has 9 nitrogen and oxygen atoms in total. The van der Waals surface area contributed by atoms with E-state index in [-0.39, 0.29) is 11.4 Å². The largest absolute Gasteiger partial charge is 0.485 e. The van der Waals surface area contributed by atoms with Crippen molar-refractivity contribution in [1.82, 2.24) is 15.1 Å². The van der Waals surface area contributed by atoms with E-state index in [0.717, 1.165) is 28.5 Å². The summed E-state index contributed by atoms with van der Waals surface area (Å²) in [7, 11) is 0. The van der Waals surface area contributed by atoms with Crippen LogP contribution in [0.5, 0.6) is 5.75 Å². The van der Waals surface area contributed by atoms with Crippen LogP contribution >= 0.6 is 11.8 Å². The number of hydrogen-bond acceptors (Lipinski definition) is 7. The smallest absolute Gasteiger partial charge is 0.324 e. The zero-order valence-corrected chi connectivity index (χ0v) is 28.0. The number of ether oxygens (including phenoxy) is 2. The number of thioether (sulfide) groups is 1. The number of carbonyl (C=O) groups is 1. The number of para-hydroxylation sites is 1. The van der Waals surface area contributed by atoms with Crippen LogP contribution in [-0.2, 0) is 10.2 Å². The first-order valence-electron chi connectivity index (χ1n) is 15.2. The van der Waals surface area contributed by atoms with Crippen LogP contribution in [0, 0.1) is 0 Å². The number of amides is 2. The summed E-state index contributed by atoms with van der Waals surface area (Å²) in [5, 5.41) is 14.0. The molecule has 2 aromatic carbocycles. The number of fused-ring (bicyclic) bond motifs is 1. The van der Waals surface area contributed by atoms with Crippen LogP contribution in [0.4, 0.5) is 16.3 Å². The Morgan fingerprint density at radius 2 is 1.80 bits per heavy atom. The summed E-state index contributed by atoms with van der Waals surface area (Å²) >= 11 is 1.52. The molecular formula is C34H46N6O3S. The van der Waals surface area contributed by atoms with Gasteiger partial charge >= 0.3 is 6.03 Å². The normalized spacial score (nSPS) is 16.4. The SMILES string of the molecule is CC.CC.CSc1cc(OC2=C3\OCCNC3=NCC/C=C\2)ccc1NC(=O)Nc1cc(C(C)(C)C)nn1-c1ccccc1. The zero-order valence-electron chi connectivity index (χ0n) is 27.2. The molecular weight excluding hydrogens is 572 g/mol. The van der Waals surface area contributed by atoms with Crippen LogP contribution in [0.3, 0.4) is 0 Å². The molecule has 0 aliphatic carbocycles. The van der Waals surface area contributed by atoms with Gasteiger partial charge in [-0.15, -0.1) is 11.8 Å². The van der Waals surface area contributed by atoms with Gasteiger partial charge in [0, 0.05) is 22.9 Å². The van der Waals surface area contributed by atoms with Crippen molar-refractivity contribution in [2.45, 2.75) is 65.2 Å². The molecule has 236 valence electrons. The summed E-state index contributed by atoms with van der Waals surface area (Å²) in [5.41, 5.74) is 2.23. The maximum Gasteiger partial charge on any atom is 0.324 e. The molecule has 2 aliphatic rings. The van der Waals surface area contributed by atoms with E-state index >= 15 is 0 Å². The van der Waals surface area contributed by atoms with E-state index in [0.29, 0.717) is 48.5 Å². The average Bonchev–Trinajstić information content (AvgIpc) is 3.47. The lowest BCUT2D eigenvalue weighted by Gasteiger charge is -2.23. The lowest BCUT2D eigenvalue weighted by atomic mass is 9.92. The first-order chi connectivity index (χ1) is 21.3. The Morgan fingerprint density at radius 3 is 2.50 bits per heavy atom. The third kappa shape index (κ3) is 8.92. The van der Waals surface area contributed by atoms with Gasteiger partial charge in [0.2, 0.25) is 5.76 Å². The van der Waals surface area contributed by atoms with Crippen molar-refractivity contribution in [1.29, 1.82) is 0 Å². The van der Waals surface area contributed by atoms with Gasteiger partial charge in [0.05, 0.1) is 23.6 Å². The van der Waals surface area contributed by atoms with Gasteiger partial charge in [-0.3, -0.25) is 10.3 Å². The van der Waals surface area contributed by atoms with Gasteiger partial charge < -0.3 is 20.1 Å². The number of allylic oxidation sites excluding steroid dienone is 1. The molecule has 3 N–H and O–H groups in total. The number of hydrogen-bond donors (Lipinski definition) is 3. The minimum atomic E-state index is -0.364. The Balaban J connectivity index is 0.00000127. The van der Waals surface area contributed by atoms with Crippen LogP contribution in [-0.4, -0.2) is 47.6 Å². The topological polar surface area (TPSA) is 102 Å². The predicted octanol–water partition coefficient (Wildman–Crippen LogP) is 8.16. The van der Waals surface area contributed by atoms with Crippen molar-refractivity contribution in [2.75, 3.05) is 36.6 Å². The number of benzene rings is 2.